The van der Waals surface area contributed by atoms with Gasteiger partial charge in [0, 0.05) is 38.7 Å². The summed E-state index contributed by atoms with van der Waals surface area (Å²) >= 11 is 6.35. The zero-order valence-electron chi connectivity index (χ0n) is 26.6. The van der Waals surface area contributed by atoms with Crippen LogP contribution in [0.3, 0.4) is 0 Å². The molecule has 1 unspecified atom stereocenters. The smallest absolute Gasteiger partial charge is 0.417 e. The maximum Gasteiger partial charge on any atom is 0.417 e. The number of hydrogen-bond acceptors (Lipinski definition) is 4. The van der Waals surface area contributed by atoms with E-state index < -0.39 is 11.7 Å². The van der Waals surface area contributed by atoms with Crippen molar-refractivity contribution in [3.05, 3.63) is 136 Å². The topological polar surface area (TPSA) is 50.8 Å². The van der Waals surface area contributed by atoms with Crippen molar-refractivity contribution in [3.63, 3.8) is 0 Å². The van der Waals surface area contributed by atoms with Crippen LogP contribution in [0.2, 0.25) is 5.02 Å². The molecular weight excluding hydrogens is 660 g/mol. The molecule has 0 aliphatic carbocycles. The lowest BCUT2D eigenvalue weighted by Gasteiger charge is -2.29. The van der Waals surface area contributed by atoms with Crippen molar-refractivity contribution in [2.75, 3.05) is 32.8 Å². The minimum atomic E-state index is -4.54. The van der Waals surface area contributed by atoms with E-state index in [0.717, 1.165) is 42.2 Å². The third kappa shape index (κ3) is 11.0. The summed E-state index contributed by atoms with van der Waals surface area (Å²) in [6.07, 6.45) is -1.59. The molecule has 0 spiro atoms. The van der Waals surface area contributed by atoms with Gasteiger partial charge in [0.25, 0.3) is 0 Å². The quantitative estimate of drug-likeness (QED) is 0.126. The number of ether oxygens (including phenoxy) is 2. The number of nitrogens with one attached hydrogen (secondary N) is 1. The van der Waals surface area contributed by atoms with E-state index in [-0.39, 0.29) is 48.3 Å². The third-order valence-electron chi connectivity index (χ3n) is 8.32. The molecule has 4 aromatic carbocycles. The van der Waals surface area contributed by atoms with Gasteiger partial charge in [0.05, 0.1) is 29.7 Å². The molecule has 1 aliphatic heterocycles. The van der Waals surface area contributed by atoms with Crippen LogP contribution in [0.5, 0.6) is 5.75 Å². The average Bonchev–Trinajstić information content (AvgIpc) is 3.60. The van der Waals surface area contributed by atoms with Crippen LogP contribution < -0.4 is 10.1 Å². The Hall–Kier alpha value is -3.56. The van der Waals surface area contributed by atoms with Crippen LogP contribution in [0.4, 0.5) is 13.2 Å². The Morgan fingerprint density at radius 1 is 0.958 bits per heavy atom. The van der Waals surface area contributed by atoms with E-state index in [0.29, 0.717) is 44.0 Å². The molecule has 0 aromatic heterocycles. The second-order valence-corrected chi connectivity index (χ2v) is 12.2. The molecule has 1 atom stereocenters. The van der Waals surface area contributed by atoms with E-state index in [2.05, 4.69) is 34.5 Å². The molecular formula is C38H41Cl2F3N2O3. The fourth-order valence-electron chi connectivity index (χ4n) is 5.93. The maximum atomic E-state index is 13.7. The number of hydrogen-bond donors (Lipinski definition) is 1. The molecule has 1 heterocycles. The Balaban J connectivity index is 0.00000520. The van der Waals surface area contributed by atoms with Gasteiger partial charge >= 0.3 is 6.18 Å². The minimum Gasteiger partial charge on any atom is -0.494 e. The fraction of sp³-hybridized carbons (Fsp3) is 0.342. The zero-order chi connectivity index (χ0) is 33.1. The van der Waals surface area contributed by atoms with Gasteiger partial charge in [-0.1, -0.05) is 96.5 Å². The molecule has 0 bridgehead atoms. The summed E-state index contributed by atoms with van der Waals surface area (Å²) in [5.74, 6) is 0.590. The molecule has 1 amide bonds. The lowest BCUT2D eigenvalue weighted by Crippen LogP contribution is -2.32. The Morgan fingerprint density at radius 2 is 1.65 bits per heavy atom. The van der Waals surface area contributed by atoms with Gasteiger partial charge in [-0.2, -0.15) is 13.2 Å². The van der Waals surface area contributed by atoms with E-state index in [9.17, 15) is 18.0 Å². The summed E-state index contributed by atoms with van der Waals surface area (Å²) in [6, 6.07) is 31.8. The van der Waals surface area contributed by atoms with Gasteiger partial charge in [-0.3, -0.25) is 9.69 Å². The zero-order valence-corrected chi connectivity index (χ0v) is 28.2. The molecule has 1 N–H and O–H groups in total. The molecule has 5 nitrogen and oxygen atoms in total. The molecule has 0 radical (unpaired) electrons. The Labute approximate surface area is 291 Å². The Bertz CT molecular complexity index is 1530. The number of nitrogens with zero attached hydrogens (tertiary/aromatic N) is 1. The lowest BCUT2D eigenvalue weighted by molar-refractivity contribution is -0.137. The molecule has 256 valence electrons. The highest BCUT2D eigenvalue weighted by Gasteiger charge is 2.34. The normalized spacial score (nSPS) is 14.6. The van der Waals surface area contributed by atoms with Crippen LogP contribution in [0.1, 0.15) is 53.0 Å². The lowest BCUT2D eigenvalue weighted by atomic mass is 9.90. The number of benzene rings is 4. The number of carbonyl (C=O) groups is 1. The number of amides is 1. The number of carbonyl (C=O) groups excluding carboxylic acids is 1. The predicted octanol–water partition coefficient (Wildman–Crippen LogP) is 8.72. The van der Waals surface area contributed by atoms with Crippen molar-refractivity contribution < 1.29 is 27.4 Å². The fourth-order valence-corrected chi connectivity index (χ4v) is 6.23. The van der Waals surface area contributed by atoms with Crippen LogP contribution in [0.25, 0.3) is 0 Å². The van der Waals surface area contributed by atoms with E-state index in [4.69, 9.17) is 21.1 Å². The summed E-state index contributed by atoms with van der Waals surface area (Å²) in [6.45, 7) is 3.04. The SMILES string of the molecule is Cl.O=C(Cc1cccc(OCCCN(Cc2cccc(C(F)(F)F)c2Cl)CC(c2ccccc2)c2ccccc2)c1)NCC1CCCO1. The second-order valence-electron chi connectivity index (χ2n) is 11.9. The van der Waals surface area contributed by atoms with Gasteiger partial charge in [-0.15, -0.1) is 12.4 Å². The molecule has 1 fully saturated rings. The summed E-state index contributed by atoms with van der Waals surface area (Å²) in [4.78, 5) is 14.6. The van der Waals surface area contributed by atoms with Gasteiger partial charge in [0.2, 0.25) is 5.91 Å². The highest BCUT2D eigenvalue weighted by Crippen LogP contribution is 2.37. The molecule has 1 saturated heterocycles. The number of rotatable bonds is 15. The second kappa shape index (κ2) is 18.3. The van der Waals surface area contributed by atoms with Crippen LogP contribution in [-0.2, 0) is 28.7 Å². The number of alkyl halides is 3. The molecule has 0 saturated carbocycles. The van der Waals surface area contributed by atoms with Crippen LogP contribution in [0.15, 0.2) is 103 Å². The molecule has 4 aromatic rings. The van der Waals surface area contributed by atoms with Gasteiger partial charge in [0.1, 0.15) is 5.75 Å². The van der Waals surface area contributed by atoms with E-state index in [1.54, 1.807) is 6.07 Å². The Kier molecular flexibility index (Phi) is 14.2. The highest BCUT2D eigenvalue weighted by atomic mass is 35.5. The first-order chi connectivity index (χ1) is 22.8. The first-order valence-electron chi connectivity index (χ1n) is 16.0. The van der Waals surface area contributed by atoms with Gasteiger partial charge in [0.15, 0.2) is 0 Å². The first kappa shape index (κ1) is 37.3. The predicted molar refractivity (Wildman–Crippen MR) is 186 cm³/mol. The average molecular weight is 702 g/mol. The molecule has 1 aliphatic rings. The standard InChI is InChI=1S/C38H40ClF3N2O3.ClH/c39-37-31(16-8-19-35(37)38(40,41)42)26-44(27-34(29-12-3-1-4-13-29)30-14-5-2-6-15-30)20-10-22-46-32-17-7-11-28(23-32)24-36(45)43-25-33-18-9-21-47-33;/h1-8,11-17,19,23,33-34H,9-10,18,20-22,24-27H2,(H,43,45);1H. The van der Waals surface area contributed by atoms with Crippen molar-refractivity contribution in [1.82, 2.24) is 10.2 Å². The molecule has 10 heteroatoms. The summed E-state index contributed by atoms with van der Waals surface area (Å²) in [5.41, 5.74) is 2.68. The van der Waals surface area contributed by atoms with Crippen molar-refractivity contribution in [1.29, 1.82) is 0 Å². The van der Waals surface area contributed by atoms with Gasteiger partial charge in [-0.25, -0.2) is 0 Å². The van der Waals surface area contributed by atoms with Crippen LogP contribution >= 0.6 is 24.0 Å². The van der Waals surface area contributed by atoms with Gasteiger partial charge in [-0.05, 0) is 59.7 Å². The van der Waals surface area contributed by atoms with Crippen LogP contribution in [-0.4, -0.2) is 49.8 Å². The van der Waals surface area contributed by atoms with Crippen molar-refractivity contribution in [2.24, 2.45) is 0 Å². The molecule has 5 rings (SSSR count). The largest absolute Gasteiger partial charge is 0.494 e. The van der Waals surface area contributed by atoms with E-state index in [1.165, 1.54) is 6.07 Å². The number of halogens is 5. The van der Waals surface area contributed by atoms with E-state index >= 15 is 0 Å². The Morgan fingerprint density at radius 3 is 2.29 bits per heavy atom. The van der Waals surface area contributed by atoms with Crippen molar-refractivity contribution in [3.8, 4) is 5.75 Å². The minimum absolute atomic E-state index is 0. The maximum absolute atomic E-state index is 13.7. The monoisotopic (exact) mass is 700 g/mol. The van der Waals surface area contributed by atoms with Crippen LogP contribution in [0, 0.1) is 0 Å². The van der Waals surface area contributed by atoms with Crippen molar-refractivity contribution >= 4 is 29.9 Å². The van der Waals surface area contributed by atoms with E-state index in [1.807, 2.05) is 60.7 Å². The molecule has 48 heavy (non-hydrogen) atoms. The summed E-state index contributed by atoms with van der Waals surface area (Å²) < 4.78 is 52.7. The van der Waals surface area contributed by atoms with Crippen molar-refractivity contribution in [2.45, 2.75) is 50.4 Å². The third-order valence-corrected chi connectivity index (χ3v) is 8.77. The first-order valence-corrected chi connectivity index (χ1v) is 16.4. The summed E-state index contributed by atoms with van der Waals surface area (Å²) in [7, 11) is 0. The highest BCUT2D eigenvalue weighted by molar-refractivity contribution is 6.32. The summed E-state index contributed by atoms with van der Waals surface area (Å²) in [5, 5.41) is 2.68. The van der Waals surface area contributed by atoms with Gasteiger partial charge < -0.3 is 14.8 Å².